The van der Waals surface area contributed by atoms with E-state index in [1.54, 1.807) is 38.7 Å². The summed E-state index contributed by atoms with van der Waals surface area (Å²) in [5, 5.41) is 29.5. The highest BCUT2D eigenvalue weighted by Gasteiger charge is 2.46. The molecule has 31 heteroatoms. The third-order valence-electron chi connectivity index (χ3n) is 15.5. The summed E-state index contributed by atoms with van der Waals surface area (Å²) in [6.07, 6.45) is 0.542. The van der Waals surface area contributed by atoms with Crippen LogP contribution in [0.5, 0.6) is 23.0 Å². The number of anilines is 2. The fraction of sp³-hybridized carbons (Fsp3) is 0.607. The topological polar surface area (TPSA) is 389 Å². The Labute approximate surface area is 533 Å². The quantitative estimate of drug-likeness (QED) is 0.0209. The van der Waals surface area contributed by atoms with Gasteiger partial charge in [0.05, 0.1) is 128 Å². The minimum absolute atomic E-state index is 0.0216. The first-order valence-electron chi connectivity index (χ1n) is 30.6. The molecule has 8 amide bonds. The molecule has 0 saturated carbocycles. The first-order valence-corrected chi connectivity index (χ1v) is 30.6. The summed E-state index contributed by atoms with van der Waals surface area (Å²) in [6.45, 7) is 16.7. The second-order valence-electron chi connectivity index (χ2n) is 22.8. The SMILES string of the molecule is C=C1C[C@H]2CN(C(=O)CNC(=O)[C@@H](NC(=O)CCOCCOCCN=[N+]=[N-])C(C)C)c3cc(OCCCCCOc4cc5c(cc4OC)C(=O)N4CC(=C)C[C@H]4[C@H](O)N5C(=O)CNC(=O)[C@@H](NC(=O)CCOCCOCCN=[N+]=[N-])C(C)C)c(OC)cc3C(=O)N2C1. The van der Waals surface area contributed by atoms with Gasteiger partial charge in [0.15, 0.2) is 29.2 Å². The van der Waals surface area contributed by atoms with Gasteiger partial charge in [-0.2, -0.15) is 0 Å². The number of azide groups is 2. The Morgan fingerprint density at radius 3 is 1.57 bits per heavy atom. The lowest BCUT2D eigenvalue weighted by atomic mass is 10.0. The lowest BCUT2D eigenvalue weighted by Gasteiger charge is -2.32. The van der Waals surface area contributed by atoms with Crippen LogP contribution in [0.4, 0.5) is 11.4 Å². The van der Waals surface area contributed by atoms with Crippen molar-refractivity contribution in [2.75, 3.05) is 136 Å². The van der Waals surface area contributed by atoms with Crippen LogP contribution in [0, 0.1) is 11.8 Å². The van der Waals surface area contributed by atoms with Crippen molar-refractivity contribution in [2.45, 2.75) is 103 Å². The van der Waals surface area contributed by atoms with Crippen LogP contribution in [0.2, 0.25) is 0 Å². The zero-order chi connectivity index (χ0) is 66.9. The number of rotatable bonds is 38. The minimum Gasteiger partial charge on any atom is -0.493 e. The first kappa shape index (κ1) is 72.4. The number of carbonyl (C=O) groups excluding carboxylic acids is 8. The number of carbonyl (C=O) groups is 8. The summed E-state index contributed by atoms with van der Waals surface area (Å²) in [5.74, 6) is -4.13. The molecule has 31 nitrogen and oxygen atoms in total. The Kier molecular flexibility index (Phi) is 28.6. The molecule has 0 aliphatic carbocycles. The van der Waals surface area contributed by atoms with Crippen molar-refractivity contribution in [3.8, 4) is 23.0 Å². The van der Waals surface area contributed by atoms with Crippen molar-refractivity contribution >= 4 is 58.6 Å². The van der Waals surface area contributed by atoms with E-state index in [1.165, 1.54) is 42.2 Å². The predicted molar refractivity (Wildman–Crippen MR) is 334 cm³/mol. The number of benzene rings is 2. The molecular formula is C61H86N14O17. The number of methoxy groups -OCH3 is 2. The lowest BCUT2D eigenvalue weighted by Crippen LogP contribution is -2.55. The third kappa shape index (κ3) is 20.1. The molecular weight excluding hydrogens is 1200 g/mol. The predicted octanol–water partition coefficient (Wildman–Crippen LogP) is 3.87. The standard InChI is InChI=1S/C61H86N14O17/c1-37(2)55(68-51(76)12-18-87-22-24-89-20-14-66-70-62)57(80)64-32-53(78)73-36-41-26-39(5)34-72(41)59(82)42-28-47(85-7)49(30-44(42)73)91-16-10-9-11-17-92-50-31-45-43(29-48(50)86-8)60(83)74-35-40(6)27-46(74)61(84)75(45)54(79)33-65-58(81)56(38(3)4)69-52(77)13-19-88-23-25-90-21-15-67-71-63/h28-31,37-38,41,46,55-56,61,84H,5-6,9-27,32-36H2,1-4,7-8H3,(H,64,80)(H,65,81)(H,68,76)(H,69,77)/t41-,46-,55-,56-,61-/m0/s1. The number of nitrogens with zero attached hydrogens (tertiary/aromatic N) is 10. The number of fused-ring (bicyclic) bond motifs is 4. The fourth-order valence-electron chi connectivity index (χ4n) is 10.8. The van der Waals surface area contributed by atoms with Crippen LogP contribution >= 0.6 is 0 Å². The van der Waals surface area contributed by atoms with Crippen LogP contribution in [0.25, 0.3) is 20.9 Å². The Balaban J connectivity index is 1.07. The van der Waals surface area contributed by atoms with Crippen molar-refractivity contribution in [1.82, 2.24) is 31.1 Å². The molecule has 4 aliphatic heterocycles. The van der Waals surface area contributed by atoms with E-state index in [-0.39, 0.29) is 169 Å². The molecule has 2 aromatic carbocycles. The molecule has 92 heavy (non-hydrogen) atoms. The maximum Gasteiger partial charge on any atom is 0.256 e. The summed E-state index contributed by atoms with van der Waals surface area (Å²) in [7, 11) is 2.84. The molecule has 4 heterocycles. The molecule has 5 N–H and O–H groups in total. The normalized spacial score (nSPS) is 17.2. The number of hydrogen-bond acceptors (Lipinski definition) is 19. The Morgan fingerprint density at radius 2 is 1.07 bits per heavy atom. The second-order valence-corrected chi connectivity index (χ2v) is 22.8. The van der Waals surface area contributed by atoms with Crippen molar-refractivity contribution < 1.29 is 81.4 Å². The van der Waals surface area contributed by atoms with Crippen LogP contribution in [0.15, 0.2) is 58.8 Å². The zero-order valence-electron chi connectivity index (χ0n) is 53.2. The summed E-state index contributed by atoms with van der Waals surface area (Å²) < 4.78 is 45.4. The zero-order valence-corrected chi connectivity index (χ0v) is 53.2. The maximum absolute atomic E-state index is 14.4. The highest BCUT2D eigenvalue weighted by Crippen LogP contribution is 2.43. The number of unbranched alkanes of at least 4 members (excludes halogenated alkanes) is 2. The molecule has 6 rings (SSSR count). The average molecular weight is 1290 g/mol. The molecule has 2 fully saturated rings. The molecule has 4 aliphatic rings. The van der Waals surface area contributed by atoms with Crippen molar-refractivity contribution in [2.24, 2.45) is 22.1 Å². The van der Waals surface area contributed by atoms with Crippen LogP contribution in [0.3, 0.4) is 0 Å². The van der Waals surface area contributed by atoms with E-state index in [0.717, 1.165) is 10.5 Å². The van der Waals surface area contributed by atoms with Crippen LogP contribution in [-0.4, -0.2) is 219 Å². The maximum atomic E-state index is 14.4. The van der Waals surface area contributed by atoms with Gasteiger partial charge in [-0.15, -0.1) is 0 Å². The van der Waals surface area contributed by atoms with Gasteiger partial charge in [-0.1, -0.05) is 62.2 Å². The van der Waals surface area contributed by atoms with Gasteiger partial charge < -0.3 is 79.0 Å². The monoisotopic (exact) mass is 1290 g/mol. The molecule has 0 radical (unpaired) electrons. The molecule has 0 spiro atoms. The number of aliphatic hydroxyl groups is 1. The smallest absolute Gasteiger partial charge is 0.256 e. The van der Waals surface area contributed by atoms with Crippen molar-refractivity contribution in [3.63, 3.8) is 0 Å². The highest BCUT2D eigenvalue weighted by molar-refractivity contribution is 6.09. The number of amides is 8. The van der Waals surface area contributed by atoms with E-state index < -0.39 is 90.8 Å². The summed E-state index contributed by atoms with van der Waals surface area (Å²) in [5.41, 5.74) is 18.7. The van der Waals surface area contributed by atoms with E-state index in [2.05, 4.69) is 54.5 Å². The Bertz CT molecular complexity index is 3080. The second kappa shape index (κ2) is 36.4. The van der Waals surface area contributed by atoms with E-state index in [4.69, 9.17) is 49.0 Å². The third-order valence-corrected chi connectivity index (χ3v) is 15.5. The van der Waals surface area contributed by atoms with Gasteiger partial charge in [-0.05, 0) is 67.1 Å². The summed E-state index contributed by atoms with van der Waals surface area (Å²) in [6, 6.07) is 2.72. The van der Waals surface area contributed by atoms with Crippen molar-refractivity contribution in [3.05, 3.63) is 80.6 Å². The van der Waals surface area contributed by atoms with E-state index in [9.17, 15) is 43.5 Å². The van der Waals surface area contributed by atoms with E-state index in [1.807, 2.05) is 0 Å². The molecule has 2 saturated heterocycles. The summed E-state index contributed by atoms with van der Waals surface area (Å²) in [4.78, 5) is 121. The van der Waals surface area contributed by atoms with Gasteiger partial charge in [0, 0.05) is 67.5 Å². The Hall–Kier alpha value is -8.70. The van der Waals surface area contributed by atoms with Crippen LogP contribution < -0.4 is 50.0 Å². The molecule has 502 valence electrons. The number of ether oxygens (including phenoxy) is 8. The molecule has 2 aromatic rings. The fourth-order valence-corrected chi connectivity index (χ4v) is 10.8. The summed E-state index contributed by atoms with van der Waals surface area (Å²) >= 11 is 0. The van der Waals surface area contributed by atoms with E-state index >= 15 is 0 Å². The van der Waals surface area contributed by atoms with E-state index in [0.29, 0.717) is 37.8 Å². The molecule has 0 aromatic heterocycles. The number of nitrogens with one attached hydrogen (secondary N) is 4. The lowest BCUT2D eigenvalue weighted by molar-refractivity contribution is -0.131. The Morgan fingerprint density at radius 1 is 0.609 bits per heavy atom. The first-order chi connectivity index (χ1) is 44.2. The van der Waals surface area contributed by atoms with Crippen LogP contribution in [0.1, 0.15) is 93.4 Å². The number of aliphatic hydroxyl groups excluding tert-OH is 1. The highest BCUT2D eigenvalue weighted by atomic mass is 16.5. The average Bonchev–Trinajstić information content (AvgIpc) is 1.58. The van der Waals surface area contributed by atoms with Gasteiger partial charge in [-0.25, -0.2) is 0 Å². The van der Waals surface area contributed by atoms with Gasteiger partial charge in [0.1, 0.15) is 12.1 Å². The van der Waals surface area contributed by atoms with Gasteiger partial charge in [0.2, 0.25) is 35.4 Å². The van der Waals surface area contributed by atoms with Crippen LogP contribution in [-0.2, 0) is 47.7 Å². The number of hydrogen-bond donors (Lipinski definition) is 5. The molecule has 0 unspecified atom stereocenters. The van der Waals surface area contributed by atoms with Gasteiger partial charge in [0.25, 0.3) is 11.8 Å². The minimum atomic E-state index is -1.57. The van der Waals surface area contributed by atoms with Gasteiger partial charge in [-0.3, -0.25) is 43.3 Å². The molecule has 0 bridgehead atoms. The van der Waals surface area contributed by atoms with Gasteiger partial charge >= 0.3 is 0 Å². The van der Waals surface area contributed by atoms with Crippen molar-refractivity contribution in [1.29, 1.82) is 0 Å². The largest absolute Gasteiger partial charge is 0.493 e. The molecule has 5 atom stereocenters.